The lowest BCUT2D eigenvalue weighted by molar-refractivity contribution is -0.139. The summed E-state index contributed by atoms with van der Waals surface area (Å²) < 4.78 is 10.3. The molecule has 1 aliphatic rings. The van der Waals surface area contributed by atoms with Gasteiger partial charge in [-0.25, -0.2) is 0 Å². The van der Waals surface area contributed by atoms with Gasteiger partial charge in [-0.05, 0) is 30.0 Å². The Labute approximate surface area is 95.4 Å². The number of esters is 1. The number of carbonyl (C=O) groups is 1. The van der Waals surface area contributed by atoms with Crippen molar-refractivity contribution < 1.29 is 14.3 Å². The van der Waals surface area contributed by atoms with E-state index < -0.39 is 0 Å². The molecule has 1 aromatic rings. The second kappa shape index (κ2) is 4.66. The molecule has 0 fully saturated rings. The van der Waals surface area contributed by atoms with Gasteiger partial charge in [0.1, 0.15) is 0 Å². The highest BCUT2D eigenvalue weighted by molar-refractivity contribution is 5.73. The predicted molar refractivity (Wildman–Crippen MR) is 60.2 cm³/mol. The van der Waals surface area contributed by atoms with Crippen molar-refractivity contribution in [2.45, 2.75) is 25.9 Å². The third-order valence-corrected chi connectivity index (χ3v) is 2.99. The molecule has 0 saturated heterocycles. The average Bonchev–Trinajstić information content (AvgIpc) is 2.29. The van der Waals surface area contributed by atoms with E-state index in [0.717, 1.165) is 18.6 Å². The van der Waals surface area contributed by atoms with Crippen molar-refractivity contribution in [2.24, 2.45) is 0 Å². The summed E-state index contributed by atoms with van der Waals surface area (Å²) in [5, 5.41) is 0. The van der Waals surface area contributed by atoms with E-state index in [9.17, 15) is 4.79 Å². The van der Waals surface area contributed by atoms with Gasteiger partial charge in [0.25, 0.3) is 0 Å². The van der Waals surface area contributed by atoms with Crippen molar-refractivity contribution in [1.29, 1.82) is 0 Å². The van der Waals surface area contributed by atoms with Crippen molar-refractivity contribution in [1.82, 2.24) is 0 Å². The number of carbonyl (C=O) groups excluding carboxylic acids is 1. The molecule has 16 heavy (non-hydrogen) atoms. The van der Waals surface area contributed by atoms with Crippen LogP contribution in [0.2, 0.25) is 0 Å². The normalized spacial score (nSPS) is 19.0. The summed E-state index contributed by atoms with van der Waals surface area (Å²) in [6.07, 6.45) is 1.33. The minimum absolute atomic E-state index is 0.0737. The first kappa shape index (κ1) is 11.1. The number of rotatable bonds is 2. The largest absolute Gasteiger partial charge is 0.469 e. The maximum absolute atomic E-state index is 11.3. The summed E-state index contributed by atoms with van der Waals surface area (Å²) in [6, 6.07) is 6.07. The zero-order valence-electron chi connectivity index (χ0n) is 9.66. The van der Waals surface area contributed by atoms with Crippen LogP contribution in [0.5, 0.6) is 0 Å². The van der Waals surface area contributed by atoms with E-state index >= 15 is 0 Å². The molecule has 0 bridgehead atoms. The van der Waals surface area contributed by atoms with E-state index in [2.05, 4.69) is 6.07 Å². The fourth-order valence-corrected chi connectivity index (χ4v) is 2.22. The number of hydrogen-bond donors (Lipinski definition) is 0. The van der Waals surface area contributed by atoms with E-state index in [-0.39, 0.29) is 12.1 Å². The van der Waals surface area contributed by atoms with Crippen LogP contribution in [-0.4, -0.2) is 19.7 Å². The van der Waals surface area contributed by atoms with Gasteiger partial charge in [-0.2, -0.15) is 0 Å². The Balaban J connectivity index is 2.34. The minimum Gasteiger partial charge on any atom is -0.469 e. The van der Waals surface area contributed by atoms with E-state index in [1.54, 1.807) is 0 Å². The third kappa shape index (κ3) is 2.09. The maximum Gasteiger partial charge on any atom is 0.309 e. The van der Waals surface area contributed by atoms with Crippen molar-refractivity contribution in [3.8, 4) is 0 Å². The number of fused-ring (bicyclic) bond motifs is 1. The molecular formula is C13H16O3. The number of methoxy groups -OCH3 is 1. The monoisotopic (exact) mass is 220 g/mol. The molecule has 0 radical (unpaired) electrons. The molecule has 1 aromatic carbocycles. The Morgan fingerprint density at radius 1 is 1.56 bits per heavy atom. The van der Waals surface area contributed by atoms with E-state index in [1.165, 1.54) is 18.2 Å². The van der Waals surface area contributed by atoms with Gasteiger partial charge in [-0.3, -0.25) is 4.79 Å². The van der Waals surface area contributed by atoms with Gasteiger partial charge in [-0.15, -0.1) is 0 Å². The lowest BCUT2D eigenvalue weighted by Gasteiger charge is -2.25. The molecule has 1 heterocycles. The Morgan fingerprint density at radius 3 is 3.12 bits per heavy atom. The molecule has 0 aromatic heterocycles. The number of benzene rings is 1. The van der Waals surface area contributed by atoms with E-state index in [0.29, 0.717) is 6.42 Å². The first-order valence-corrected chi connectivity index (χ1v) is 5.51. The summed E-state index contributed by atoms with van der Waals surface area (Å²) in [5.74, 6) is -0.203. The molecular weight excluding hydrogens is 204 g/mol. The second-order valence-corrected chi connectivity index (χ2v) is 4.01. The van der Waals surface area contributed by atoms with Crippen LogP contribution in [0.1, 0.15) is 29.7 Å². The van der Waals surface area contributed by atoms with Gasteiger partial charge in [0, 0.05) is 0 Å². The van der Waals surface area contributed by atoms with Gasteiger partial charge < -0.3 is 9.47 Å². The van der Waals surface area contributed by atoms with Gasteiger partial charge in [0.05, 0.1) is 26.2 Å². The number of ether oxygens (including phenoxy) is 2. The lowest BCUT2D eigenvalue weighted by Crippen LogP contribution is -2.17. The van der Waals surface area contributed by atoms with Crippen LogP contribution >= 0.6 is 0 Å². The summed E-state index contributed by atoms with van der Waals surface area (Å²) in [5.41, 5.74) is 3.48. The summed E-state index contributed by atoms with van der Waals surface area (Å²) in [4.78, 5) is 11.3. The summed E-state index contributed by atoms with van der Waals surface area (Å²) in [6.45, 7) is 2.79. The zero-order chi connectivity index (χ0) is 11.5. The fraction of sp³-hybridized carbons (Fsp3) is 0.462. The molecule has 0 aliphatic carbocycles. The molecule has 1 aliphatic heterocycles. The summed E-state index contributed by atoms with van der Waals surface area (Å²) >= 11 is 0. The Kier molecular flexibility index (Phi) is 3.25. The lowest BCUT2D eigenvalue weighted by atomic mass is 9.92. The number of hydrogen-bond acceptors (Lipinski definition) is 3. The van der Waals surface area contributed by atoms with Gasteiger partial charge >= 0.3 is 5.97 Å². The molecule has 1 atom stereocenters. The Bertz CT molecular complexity index is 398. The van der Waals surface area contributed by atoms with Crippen LogP contribution in [0, 0.1) is 0 Å². The minimum atomic E-state index is -0.203. The molecule has 2 rings (SSSR count). The molecule has 0 spiro atoms. The van der Waals surface area contributed by atoms with Crippen LogP contribution in [0.4, 0.5) is 0 Å². The molecule has 0 amide bonds. The van der Waals surface area contributed by atoms with Crippen LogP contribution in [0.3, 0.4) is 0 Å². The smallest absolute Gasteiger partial charge is 0.309 e. The maximum atomic E-state index is 11.3. The topological polar surface area (TPSA) is 35.5 Å². The summed E-state index contributed by atoms with van der Waals surface area (Å²) in [7, 11) is 1.41. The van der Waals surface area contributed by atoms with Crippen molar-refractivity contribution in [2.75, 3.05) is 13.7 Å². The first-order chi connectivity index (χ1) is 7.72. The Hall–Kier alpha value is -1.35. The molecule has 86 valence electrons. The van der Waals surface area contributed by atoms with Crippen molar-refractivity contribution in [3.63, 3.8) is 0 Å². The zero-order valence-corrected chi connectivity index (χ0v) is 9.66. The molecule has 0 unspecified atom stereocenters. The van der Waals surface area contributed by atoms with E-state index in [1.807, 2.05) is 19.1 Å². The van der Waals surface area contributed by atoms with Gasteiger partial charge in [-0.1, -0.05) is 18.2 Å². The van der Waals surface area contributed by atoms with E-state index in [4.69, 9.17) is 9.47 Å². The molecule has 0 saturated carbocycles. The SMILES string of the molecule is COC(=O)Cc1cccc2c1[C@@H](C)OCC2. The molecule has 0 N–H and O–H groups in total. The first-order valence-electron chi connectivity index (χ1n) is 5.51. The molecule has 3 heteroatoms. The quantitative estimate of drug-likeness (QED) is 0.715. The van der Waals surface area contributed by atoms with Crippen molar-refractivity contribution >= 4 is 5.97 Å². The van der Waals surface area contributed by atoms with Crippen LogP contribution in [0.15, 0.2) is 18.2 Å². The second-order valence-electron chi connectivity index (χ2n) is 4.01. The highest BCUT2D eigenvalue weighted by Crippen LogP contribution is 2.30. The standard InChI is InChI=1S/C13H16O3/c1-9-13-10(6-7-16-9)4-3-5-11(13)8-12(14)15-2/h3-5,9H,6-8H2,1-2H3/t9-/m1/s1. The Morgan fingerprint density at radius 2 is 2.38 bits per heavy atom. The third-order valence-electron chi connectivity index (χ3n) is 2.99. The highest BCUT2D eigenvalue weighted by Gasteiger charge is 2.21. The van der Waals surface area contributed by atoms with Crippen molar-refractivity contribution in [3.05, 3.63) is 34.9 Å². The fourth-order valence-electron chi connectivity index (χ4n) is 2.22. The predicted octanol–water partition coefficient (Wildman–Crippen LogP) is 2.04. The van der Waals surface area contributed by atoms with Gasteiger partial charge in [0.2, 0.25) is 0 Å². The highest BCUT2D eigenvalue weighted by atomic mass is 16.5. The molecule has 3 nitrogen and oxygen atoms in total. The van der Waals surface area contributed by atoms with Gasteiger partial charge in [0.15, 0.2) is 0 Å². The average molecular weight is 220 g/mol. The van der Waals surface area contributed by atoms with Crippen LogP contribution in [-0.2, 0) is 27.1 Å². The van der Waals surface area contributed by atoms with Crippen LogP contribution < -0.4 is 0 Å². The van der Waals surface area contributed by atoms with Crippen LogP contribution in [0.25, 0.3) is 0 Å².